The summed E-state index contributed by atoms with van der Waals surface area (Å²) in [5, 5.41) is 0.666. The average Bonchev–Trinajstić information content (AvgIpc) is 3.01. The number of thioether (sulfide) groups is 1. The number of benzene rings is 1. The van der Waals surface area contributed by atoms with Gasteiger partial charge in [-0.05, 0) is 24.1 Å². The van der Waals surface area contributed by atoms with Gasteiger partial charge in [0.25, 0.3) is 4.45 Å². The summed E-state index contributed by atoms with van der Waals surface area (Å²) in [7, 11) is 0. The highest BCUT2D eigenvalue weighted by Gasteiger charge is 2.18. The molecule has 2 aromatic rings. The van der Waals surface area contributed by atoms with Crippen LogP contribution in [0.5, 0.6) is 0 Å². The zero-order valence-corrected chi connectivity index (χ0v) is 14.5. The summed E-state index contributed by atoms with van der Waals surface area (Å²) in [5.74, 6) is 0. The minimum absolute atomic E-state index is 0.0170. The standard InChI is InChI=1S/C15H17ClN2O2S2/c1-2-9-20-22-15(19)21-14(10-18-8-7-17-11-18)12-3-5-13(16)6-4-12/h3-8,11,14H,2,9-10H2,1H3. The summed E-state index contributed by atoms with van der Waals surface area (Å²) in [5.41, 5.74) is 1.05. The van der Waals surface area contributed by atoms with Crippen LogP contribution in [0.1, 0.15) is 24.2 Å². The Morgan fingerprint density at radius 1 is 1.41 bits per heavy atom. The van der Waals surface area contributed by atoms with Crippen molar-refractivity contribution < 1.29 is 8.98 Å². The number of carbonyl (C=O) groups excluding carboxylic acids is 1. The molecule has 22 heavy (non-hydrogen) atoms. The summed E-state index contributed by atoms with van der Waals surface area (Å²) in [6.45, 7) is 3.24. The lowest BCUT2D eigenvalue weighted by atomic mass is 10.1. The highest BCUT2D eigenvalue weighted by Crippen LogP contribution is 2.35. The van der Waals surface area contributed by atoms with Gasteiger partial charge in [0.1, 0.15) is 0 Å². The van der Waals surface area contributed by atoms with Gasteiger partial charge in [0, 0.05) is 24.0 Å². The Bertz CT molecular complexity index is 576. The Morgan fingerprint density at radius 2 is 2.18 bits per heavy atom. The van der Waals surface area contributed by atoms with Gasteiger partial charge in [-0.15, -0.1) is 0 Å². The molecular formula is C15H17ClN2O2S2. The van der Waals surface area contributed by atoms with E-state index in [0.717, 1.165) is 24.0 Å². The number of hydrogen-bond donors (Lipinski definition) is 0. The van der Waals surface area contributed by atoms with E-state index in [4.69, 9.17) is 15.8 Å². The number of carbonyl (C=O) groups is 1. The van der Waals surface area contributed by atoms with Crippen molar-refractivity contribution in [2.75, 3.05) is 6.61 Å². The average molecular weight is 357 g/mol. The lowest BCUT2D eigenvalue weighted by molar-refractivity contribution is 0.273. The SMILES string of the molecule is CCCOSC(=O)SC(Cn1ccnc1)c1ccc(Cl)cc1. The van der Waals surface area contributed by atoms with Crippen LogP contribution in [-0.2, 0) is 10.7 Å². The van der Waals surface area contributed by atoms with Crippen LogP contribution in [0.25, 0.3) is 0 Å². The molecule has 4 nitrogen and oxygen atoms in total. The molecule has 2 rings (SSSR count). The summed E-state index contributed by atoms with van der Waals surface area (Å²) in [4.78, 5) is 16.1. The molecule has 1 aromatic heterocycles. The second-order valence-electron chi connectivity index (χ2n) is 4.57. The summed E-state index contributed by atoms with van der Waals surface area (Å²) < 4.78 is 7.15. The van der Waals surface area contributed by atoms with Gasteiger partial charge in [0.05, 0.1) is 30.2 Å². The van der Waals surface area contributed by atoms with Gasteiger partial charge in [-0.25, -0.2) is 4.98 Å². The molecule has 0 aliphatic heterocycles. The van der Waals surface area contributed by atoms with Crippen molar-refractivity contribution in [3.63, 3.8) is 0 Å². The van der Waals surface area contributed by atoms with Crippen LogP contribution < -0.4 is 0 Å². The molecule has 118 valence electrons. The molecule has 0 radical (unpaired) electrons. The van der Waals surface area contributed by atoms with E-state index in [1.54, 1.807) is 12.5 Å². The van der Waals surface area contributed by atoms with Crippen molar-refractivity contribution in [2.45, 2.75) is 25.1 Å². The third-order valence-corrected chi connectivity index (χ3v) is 4.89. The van der Waals surface area contributed by atoms with E-state index in [1.165, 1.54) is 11.8 Å². The van der Waals surface area contributed by atoms with Crippen molar-refractivity contribution >= 4 is 39.9 Å². The molecule has 1 atom stereocenters. The van der Waals surface area contributed by atoms with Gasteiger partial charge in [-0.2, -0.15) is 0 Å². The molecule has 0 N–H and O–H groups in total. The molecule has 0 amide bonds. The van der Waals surface area contributed by atoms with E-state index in [9.17, 15) is 4.79 Å². The van der Waals surface area contributed by atoms with Crippen LogP contribution in [0.4, 0.5) is 4.79 Å². The predicted octanol–water partition coefficient (Wildman–Crippen LogP) is 5.21. The van der Waals surface area contributed by atoms with Crippen LogP contribution in [0.15, 0.2) is 43.0 Å². The zero-order valence-electron chi connectivity index (χ0n) is 12.1. The molecule has 7 heteroatoms. The fraction of sp³-hybridized carbons (Fsp3) is 0.333. The van der Waals surface area contributed by atoms with E-state index in [1.807, 2.05) is 42.0 Å². The Labute approximate surface area is 143 Å². The molecule has 1 aromatic carbocycles. The van der Waals surface area contributed by atoms with Crippen LogP contribution >= 0.6 is 35.4 Å². The third-order valence-electron chi connectivity index (χ3n) is 2.83. The fourth-order valence-electron chi connectivity index (χ4n) is 1.78. The topological polar surface area (TPSA) is 44.1 Å². The van der Waals surface area contributed by atoms with E-state index >= 15 is 0 Å². The van der Waals surface area contributed by atoms with Crippen LogP contribution in [0, 0.1) is 0 Å². The highest BCUT2D eigenvalue weighted by molar-refractivity contribution is 8.36. The maximum absolute atomic E-state index is 12.0. The number of halogens is 1. The molecule has 0 fully saturated rings. The third kappa shape index (κ3) is 5.68. The zero-order chi connectivity index (χ0) is 15.8. The minimum atomic E-state index is -0.0477. The lowest BCUT2D eigenvalue weighted by Gasteiger charge is -2.16. The molecule has 0 saturated heterocycles. The maximum Gasteiger partial charge on any atom is 0.273 e. The smallest absolute Gasteiger partial charge is 0.273 e. The Balaban J connectivity index is 2.04. The van der Waals surface area contributed by atoms with E-state index < -0.39 is 0 Å². The molecule has 1 unspecified atom stereocenters. The van der Waals surface area contributed by atoms with Gasteiger partial charge in [0.2, 0.25) is 0 Å². The number of imidazole rings is 1. The summed E-state index contributed by atoms with van der Waals surface area (Å²) in [6.07, 6.45) is 6.24. The predicted molar refractivity (Wildman–Crippen MR) is 93.2 cm³/mol. The first kappa shape index (κ1) is 17.4. The summed E-state index contributed by atoms with van der Waals surface area (Å²) >= 11 is 8.11. The largest absolute Gasteiger partial charge is 0.336 e. The number of hydrogen-bond acceptors (Lipinski definition) is 5. The molecule has 0 aliphatic carbocycles. The van der Waals surface area contributed by atoms with Gasteiger partial charge < -0.3 is 8.75 Å². The van der Waals surface area contributed by atoms with Gasteiger partial charge >= 0.3 is 0 Å². The van der Waals surface area contributed by atoms with Crippen molar-refractivity contribution in [3.05, 3.63) is 53.6 Å². The molecule has 0 saturated carbocycles. The van der Waals surface area contributed by atoms with Crippen molar-refractivity contribution in [3.8, 4) is 0 Å². The fourth-order valence-corrected chi connectivity index (χ4v) is 3.68. The molecular weight excluding hydrogens is 340 g/mol. The van der Waals surface area contributed by atoms with Crippen LogP contribution in [0.3, 0.4) is 0 Å². The quantitative estimate of drug-likeness (QED) is 0.503. The first-order valence-corrected chi connectivity index (χ1v) is 8.90. The number of nitrogens with zero attached hydrogens (tertiary/aromatic N) is 2. The van der Waals surface area contributed by atoms with Gasteiger partial charge in [-0.3, -0.25) is 4.79 Å². The van der Waals surface area contributed by atoms with Crippen molar-refractivity contribution in [2.24, 2.45) is 0 Å². The van der Waals surface area contributed by atoms with Gasteiger partial charge in [-0.1, -0.05) is 42.4 Å². The Hall–Kier alpha value is -0.950. The van der Waals surface area contributed by atoms with E-state index in [2.05, 4.69) is 4.98 Å². The lowest BCUT2D eigenvalue weighted by Crippen LogP contribution is -2.06. The number of rotatable bonds is 7. The monoisotopic (exact) mass is 356 g/mol. The van der Waals surface area contributed by atoms with Crippen molar-refractivity contribution in [1.29, 1.82) is 0 Å². The second kappa shape index (κ2) is 9.25. The van der Waals surface area contributed by atoms with E-state index in [-0.39, 0.29) is 9.70 Å². The van der Waals surface area contributed by atoms with Crippen LogP contribution in [-0.4, -0.2) is 20.6 Å². The minimum Gasteiger partial charge on any atom is -0.336 e. The van der Waals surface area contributed by atoms with Gasteiger partial charge in [0.15, 0.2) is 0 Å². The molecule has 0 aliphatic rings. The first-order chi connectivity index (χ1) is 10.7. The molecule has 1 heterocycles. The second-order valence-corrected chi connectivity index (χ2v) is 7.22. The Kier molecular flexibility index (Phi) is 7.32. The van der Waals surface area contributed by atoms with Crippen LogP contribution in [0.2, 0.25) is 5.02 Å². The molecule has 0 spiro atoms. The molecule has 0 bridgehead atoms. The van der Waals surface area contributed by atoms with Crippen molar-refractivity contribution in [1.82, 2.24) is 9.55 Å². The summed E-state index contributed by atoms with van der Waals surface area (Å²) in [6, 6.07) is 7.57. The first-order valence-electron chi connectivity index (χ1n) is 6.90. The normalized spacial score (nSPS) is 12.3. The van der Waals surface area contributed by atoms with E-state index in [0.29, 0.717) is 18.2 Å². The highest BCUT2D eigenvalue weighted by atomic mass is 35.5. The number of aromatic nitrogens is 2. The Morgan fingerprint density at radius 3 is 2.82 bits per heavy atom. The maximum atomic E-state index is 12.0.